The van der Waals surface area contributed by atoms with Crippen LogP contribution in [0.15, 0.2) is 41.6 Å². The Kier molecular flexibility index (Phi) is 4.06. The summed E-state index contributed by atoms with van der Waals surface area (Å²) in [6.07, 6.45) is -3.48. The number of nitrogens with zero attached hydrogens (tertiary/aromatic N) is 2. The lowest BCUT2D eigenvalue weighted by Gasteiger charge is -2.09. The number of halogens is 4. The van der Waals surface area contributed by atoms with E-state index in [9.17, 15) is 21.6 Å². The minimum absolute atomic E-state index is 0.0233. The normalized spacial score (nSPS) is 12.2. The van der Waals surface area contributed by atoms with Gasteiger partial charge in [0.1, 0.15) is 17.3 Å². The van der Waals surface area contributed by atoms with Crippen molar-refractivity contribution in [1.29, 1.82) is 0 Å². The molecule has 0 aliphatic heterocycles. The Bertz CT molecular complexity index is 748. The van der Waals surface area contributed by atoms with E-state index in [2.05, 4.69) is 14.7 Å². The van der Waals surface area contributed by atoms with Crippen LogP contribution in [0.1, 0.15) is 5.56 Å². The molecule has 1 heterocycles. The fraction of sp³-hybridized carbons (Fsp3) is 0.0909. The maximum atomic E-state index is 12.4. The summed E-state index contributed by atoms with van der Waals surface area (Å²) in [7, 11) is -4.06. The molecule has 0 saturated heterocycles. The second kappa shape index (κ2) is 5.49. The number of benzene rings is 1. The predicted octanol–water partition coefficient (Wildman–Crippen LogP) is 2.95. The summed E-state index contributed by atoms with van der Waals surface area (Å²) >= 11 is 5.58. The molecule has 0 aliphatic rings. The van der Waals surface area contributed by atoms with Gasteiger partial charge in [-0.3, -0.25) is 4.72 Å². The quantitative estimate of drug-likeness (QED) is 0.874. The van der Waals surface area contributed by atoms with Gasteiger partial charge >= 0.3 is 6.18 Å². The molecule has 5 nitrogen and oxygen atoms in total. The van der Waals surface area contributed by atoms with Crippen LogP contribution in [0, 0.1) is 0 Å². The van der Waals surface area contributed by atoms with Crippen LogP contribution in [0.2, 0.25) is 5.15 Å². The summed E-state index contributed by atoms with van der Waals surface area (Å²) in [6, 6.07) is 4.24. The second-order valence-electron chi connectivity index (χ2n) is 3.85. The topological polar surface area (TPSA) is 72.0 Å². The van der Waals surface area contributed by atoms with Gasteiger partial charge in [-0.2, -0.15) is 13.2 Å². The molecule has 0 amide bonds. The maximum Gasteiger partial charge on any atom is 0.416 e. The zero-order valence-corrected chi connectivity index (χ0v) is 11.7. The van der Waals surface area contributed by atoms with Crippen molar-refractivity contribution >= 4 is 27.4 Å². The van der Waals surface area contributed by atoms with Gasteiger partial charge in [0, 0.05) is 6.07 Å². The molecule has 0 radical (unpaired) electrons. The first-order valence-corrected chi connectivity index (χ1v) is 7.22. The first-order chi connectivity index (χ1) is 9.68. The lowest BCUT2D eigenvalue weighted by atomic mass is 10.2. The van der Waals surface area contributed by atoms with E-state index in [-0.39, 0.29) is 15.9 Å². The summed E-state index contributed by atoms with van der Waals surface area (Å²) in [6.45, 7) is 0. The molecule has 112 valence electrons. The van der Waals surface area contributed by atoms with Crippen LogP contribution in [-0.4, -0.2) is 18.4 Å². The Balaban J connectivity index is 2.28. The summed E-state index contributed by atoms with van der Waals surface area (Å²) in [5.41, 5.74) is -0.938. The highest BCUT2D eigenvalue weighted by atomic mass is 35.5. The highest BCUT2D eigenvalue weighted by Gasteiger charge is 2.30. The summed E-state index contributed by atoms with van der Waals surface area (Å²) in [4.78, 5) is 6.89. The van der Waals surface area contributed by atoms with Gasteiger partial charge in [-0.15, -0.1) is 0 Å². The smallest absolute Gasteiger partial charge is 0.263 e. The molecule has 2 aromatic rings. The van der Waals surface area contributed by atoms with E-state index in [1.165, 1.54) is 6.07 Å². The van der Waals surface area contributed by atoms with Crippen molar-refractivity contribution in [1.82, 2.24) is 9.97 Å². The third-order valence-electron chi connectivity index (χ3n) is 2.36. The summed E-state index contributed by atoms with van der Waals surface area (Å²) in [5, 5.41) is 0.0233. The Hall–Kier alpha value is -1.87. The molecule has 0 saturated carbocycles. The van der Waals surface area contributed by atoms with Crippen LogP contribution in [0.25, 0.3) is 0 Å². The molecule has 2 rings (SSSR count). The van der Waals surface area contributed by atoms with Crippen molar-refractivity contribution < 1.29 is 21.6 Å². The van der Waals surface area contributed by atoms with Gasteiger partial charge < -0.3 is 0 Å². The average molecular weight is 338 g/mol. The van der Waals surface area contributed by atoms with Crippen LogP contribution < -0.4 is 4.72 Å². The Morgan fingerprint density at radius 2 is 1.71 bits per heavy atom. The fourth-order valence-electron chi connectivity index (χ4n) is 1.41. The number of sulfonamides is 1. The van der Waals surface area contributed by atoms with Crippen molar-refractivity contribution in [2.24, 2.45) is 0 Å². The number of aromatic nitrogens is 2. The van der Waals surface area contributed by atoms with E-state index >= 15 is 0 Å². The van der Waals surface area contributed by atoms with Crippen molar-refractivity contribution in [2.45, 2.75) is 11.1 Å². The van der Waals surface area contributed by atoms with Crippen LogP contribution in [-0.2, 0) is 16.2 Å². The first kappa shape index (κ1) is 15.5. The maximum absolute atomic E-state index is 12.4. The zero-order chi connectivity index (χ0) is 15.7. The monoisotopic (exact) mass is 337 g/mol. The standard InChI is InChI=1S/C11H7ClF3N3O2S/c12-9-5-10(17-6-16-9)18-21(19,20)8-3-1-7(2-4-8)11(13,14)15/h1-6H,(H,16,17,18). The van der Waals surface area contributed by atoms with E-state index in [1.54, 1.807) is 0 Å². The molecule has 1 aromatic carbocycles. The second-order valence-corrected chi connectivity index (χ2v) is 5.92. The number of hydrogen-bond donors (Lipinski definition) is 1. The molecule has 0 aliphatic carbocycles. The zero-order valence-electron chi connectivity index (χ0n) is 10.1. The highest BCUT2D eigenvalue weighted by Crippen LogP contribution is 2.29. The third kappa shape index (κ3) is 3.82. The Morgan fingerprint density at radius 3 is 2.24 bits per heavy atom. The fourth-order valence-corrected chi connectivity index (χ4v) is 2.56. The van der Waals surface area contributed by atoms with E-state index in [0.717, 1.165) is 18.5 Å². The van der Waals surface area contributed by atoms with Gasteiger partial charge in [0.05, 0.1) is 10.5 Å². The molecule has 10 heteroatoms. The number of alkyl halides is 3. The van der Waals surface area contributed by atoms with Gasteiger partial charge in [0.15, 0.2) is 0 Å². The van der Waals surface area contributed by atoms with E-state index in [1.807, 2.05) is 0 Å². The van der Waals surface area contributed by atoms with Crippen molar-refractivity contribution in [2.75, 3.05) is 4.72 Å². The van der Waals surface area contributed by atoms with Gasteiger partial charge in [-0.05, 0) is 24.3 Å². The predicted molar refractivity (Wildman–Crippen MR) is 69.3 cm³/mol. The van der Waals surface area contributed by atoms with Crippen LogP contribution >= 0.6 is 11.6 Å². The highest BCUT2D eigenvalue weighted by molar-refractivity contribution is 7.92. The Labute approximate surface area is 122 Å². The van der Waals surface area contributed by atoms with Gasteiger partial charge in [0.2, 0.25) is 0 Å². The number of rotatable bonds is 3. The minimum Gasteiger partial charge on any atom is -0.263 e. The van der Waals surface area contributed by atoms with Crippen molar-refractivity contribution in [3.63, 3.8) is 0 Å². The largest absolute Gasteiger partial charge is 0.416 e. The molecule has 21 heavy (non-hydrogen) atoms. The molecular formula is C11H7ClF3N3O2S. The molecule has 0 atom stereocenters. The van der Waals surface area contributed by atoms with Crippen molar-refractivity contribution in [3.05, 3.63) is 47.4 Å². The molecule has 0 bridgehead atoms. The van der Waals surface area contributed by atoms with Crippen LogP contribution in [0.3, 0.4) is 0 Å². The molecule has 1 N–H and O–H groups in total. The molecule has 0 fully saturated rings. The molecule has 0 spiro atoms. The number of hydrogen-bond acceptors (Lipinski definition) is 4. The Morgan fingerprint density at radius 1 is 1.10 bits per heavy atom. The van der Waals surface area contributed by atoms with Gasteiger partial charge in [-0.1, -0.05) is 11.6 Å². The molecule has 1 aromatic heterocycles. The van der Waals surface area contributed by atoms with E-state index < -0.39 is 21.8 Å². The molecular weight excluding hydrogens is 331 g/mol. The van der Waals surface area contributed by atoms with Gasteiger partial charge in [0.25, 0.3) is 10.0 Å². The first-order valence-electron chi connectivity index (χ1n) is 5.36. The van der Waals surface area contributed by atoms with Crippen LogP contribution in [0.5, 0.6) is 0 Å². The number of nitrogens with one attached hydrogen (secondary N) is 1. The third-order valence-corrected chi connectivity index (χ3v) is 3.94. The van der Waals surface area contributed by atoms with E-state index in [0.29, 0.717) is 12.1 Å². The summed E-state index contributed by atoms with van der Waals surface area (Å²) < 4.78 is 63.3. The lowest BCUT2D eigenvalue weighted by Crippen LogP contribution is -2.14. The lowest BCUT2D eigenvalue weighted by molar-refractivity contribution is -0.137. The molecule has 0 unspecified atom stereocenters. The van der Waals surface area contributed by atoms with Gasteiger partial charge in [-0.25, -0.2) is 18.4 Å². The van der Waals surface area contributed by atoms with Crippen LogP contribution in [0.4, 0.5) is 19.0 Å². The SMILES string of the molecule is O=S(=O)(Nc1cc(Cl)ncn1)c1ccc(C(F)(F)F)cc1. The average Bonchev–Trinajstić information content (AvgIpc) is 2.37. The van der Waals surface area contributed by atoms with Crippen molar-refractivity contribution in [3.8, 4) is 0 Å². The number of anilines is 1. The van der Waals surface area contributed by atoms with E-state index in [4.69, 9.17) is 11.6 Å². The minimum atomic E-state index is -4.53. The summed E-state index contributed by atoms with van der Waals surface area (Å²) in [5.74, 6) is -0.0881.